The highest BCUT2D eigenvalue weighted by Gasteiger charge is 2.22. The van der Waals surface area contributed by atoms with Gasteiger partial charge in [0.1, 0.15) is 17.9 Å². The predicted octanol–water partition coefficient (Wildman–Crippen LogP) is 4.30. The van der Waals surface area contributed by atoms with Gasteiger partial charge in [0, 0.05) is 10.6 Å². The lowest BCUT2D eigenvalue weighted by Crippen LogP contribution is -2.20. The van der Waals surface area contributed by atoms with Gasteiger partial charge in [-0.3, -0.25) is 9.59 Å². The predicted molar refractivity (Wildman–Crippen MR) is 97.0 cm³/mol. The van der Waals surface area contributed by atoms with E-state index < -0.39 is 11.9 Å². The van der Waals surface area contributed by atoms with E-state index in [1.165, 1.54) is 12.7 Å². The molecule has 6 nitrogen and oxygen atoms in total. The molecule has 0 unspecified atom stereocenters. The summed E-state index contributed by atoms with van der Waals surface area (Å²) in [6, 6.07) is 5.03. The monoisotopic (exact) mass is 377 g/mol. The summed E-state index contributed by atoms with van der Waals surface area (Å²) < 4.78 is 11.1. The number of hydrogen-bond acceptors (Lipinski definition) is 4. The summed E-state index contributed by atoms with van der Waals surface area (Å²) in [4.78, 5) is 23.7. The van der Waals surface area contributed by atoms with E-state index in [2.05, 4.69) is 5.32 Å². The van der Waals surface area contributed by atoms with E-state index in [4.69, 9.17) is 25.9 Å². The fourth-order valence-electron chi connectivity index (χ4n) is 2.85. The number of carboxylic acids is 1. The van der Waals surface area contributed by atoms with Crippen LogP contribution in [-0.4, -0.2) is 23.6 Å². The van der Waals surface area contributed by atoms with Gasteiger partial charge in [-0.2, -0.15) is 0 Å². The lowest BCUT2D eigenvalue weighted by Gasteiger charge is -2.25. The summed E-state index contributed by atoms with van der Waals surface area (Å²) >= 11 is 6.05. The molecule has 2 aromatic rings. The minimum atomic E-state index is -1.07. The molecule has 1 aliphatic rings. The van der Waals surface area contributed by atoms with Gasteiger partial charge < -0.3 is 19.6 Å². The zero-order valence-electron chi connectivity index (χ0n) is 14.4. The molecule has 0 bridgehead atoms. The van der Waals surface area contributed by atoms with Crippen LogP contribution in [0.5, 0.6) is 5.75 Å². The fourth-order valence-corrected chi connectivity index (χ4v) is 3.02. The normalized spacial score (nSPS) is 13.9. The van der Waals surface area contributed by atoms with E-state index in [0.717, 1.165) is 12.8 Å². The SMILES string of the molecule is Cc1coc(CC(=O)O)c1C(=O)Nc1cc(Cl)ccc1OCC1CCC1. The molecular formula is C19H20ClNO5. The second kappa shape index (κ2) is 7.83. The van der Waals surface area contributed by atoms with Crippen molar-refractivity contribution in [3.05, 3.63) is 46.4 Å². The number of nitrogens with one attached hydrogen (secondary N) is 1. The molecule has 1 fully saturated rings. The van der Waals surface area contributed by atoms with Crippen LogP contribution in [0.15, 0.2) is 28.9 Å². The van der Waals surface area contributed by atoms with Crippen molar-refractivity contribution in [1.82, 2.24) is 0 Å². The highest BCUT2D eigenvalue weighted by Crippen LogP contribution is 2.32. The van der Waals surface area contributed by atoms with E-state index in [9.17, 15) is 9.59 Å². The van der Waals surface area contributed by atoms with Crippen LogP contribution in [0.2, 0.25) is 5.02 Å². The van der Waals surface area contributed by atoms with Gasteiger partial charge in [-0.1, -0.05) is 18.0 Å². The number of benzene rings is 1. The van der Waals surface area contributed by atoms with Crippen molar-refractivity contribution in [2.45, 2.75) is 32.6 Å². The standard InChI is InChI=1S/C19H20ClNO5/c1-11-9-25-16(8-17(22)23)18(11)19(24)21-14-7-13(20)5-6-15(14)26-10-12-3-2-4-12/h5-7,9,12H,2-4,8,10H2,1H3,(H,21,24)(H,22,23). The molecule has 0 radical (unpaired) electrons. The summed E-state index contributed by atoms with van der Waals surface area (Å²) in [5.74, 6) is -0.321. The molecule has 1 amide bonds. The lowest BCUT2D eigenvalue weighted by molar-refractivity contribution is -0.136. The topological polar surface area (TPSA) is 88.8 Å². The minimum absolute atomic E-state index is 0.117. The number of carbonyl (C=O) groups excluding carboxylic acids is 1. The first-order valence-electron chi connectivity index (χ1n) is 8.46. The molecule has 0 spiro atoms. The number of rotatable bonds is 7. The molecule has 1 aliphatic carbocycles. The van der Waals surface area contributed by atoms with Gasteiger partial charge in [-0.15, -0.1) is 0 Å². The van der Waals surface area contributed by atoms with Crippen LogP contribution < -0.4 is 10.1 Å². The van der Waals surface area contributed by atoms with Crippen LogP contribution in [0, 0.1) is 12.8 Å². The number of anilines is 1. The summed E-state index contributed by atoms with van der Waals surface area (Å²) in [7, 11) is 0. The Bertz CT molecular complexity index is 825. The van der Waals surface area contributed by atoms with Gasteiger partial charge >= 0.3 is 5.97 Å². The van der Waals surface area contributed by atoms with E-state index in [0.29, 0.717) is 34.5 Å². The Morgan fingerprint density at radius 1 is 1.38 bits per heavy atom. The molecule has 0 aliphatic heterocycles. The van der Waals surface area contributed by atoms with Crippen molar-refractivity contribution in [1.29, 1.82) is 0 Å². The smallest absolute Gasteiger partial charge is 0.311 e. The number of amides is 1. The number of halogens is 1. The molecular weight excluding hydrogens is 358 g/mol. The maximum Gasteiger partial charge on any atom is 0.311 e. The Kier molecular flexibility index (Phi) is 5.52. The number of carbonyl (C=O) groups is 2. The van der Waals surface area contributed by atoms with Gasteiger partial charge in [-0.05, 0) is 43.9 Å². The molecule has 2 N–H and O–H groups in total. The molecule has 0 saturated heterocycles. The van der Waals surface area contributed by atoms with Crippen molar-refractivity contribution in [3.8, 4) is 5.75 Å². The molecule has 1 saturated carbocycles. The summed E-state index contributed by atoms with van der Waals surface area (Å²) in [5, 5.41) is 12.2. The molecule has 138 valence electrons. The van der Waals surface area contributed by atoms with Crippen LogP contribution in [0.3, 0.4) is 0 Å². The number of aryl methyl sites for hydroxylation is 1. The maximum absolute atomic E-state index is 12.7. The maximum atomic E-state index is 12.7. The van der Waals surface area contributed by atoms with Gasteiger partial charge in [0.25, 0.3) is 5.91 Å². The first-order valence-corrected chi connectivity index (χ1v) is 8.84. The lowest BCUT2D eigenvalue weighted by atomic mass is 9.86. The second-order valence-electron chi connectivity index (χ2n) is 6.49. The van der Waals surface area contributed by atoms with Crippen LogP contribution in [0.4, 0.5) is 5.69 Å². The van der Waals surface area contributed by atoms with Gasteiger partial charge in [0.15, 0.2) is 0 Å². The Labute approximate surface area is 156 Å². The van der Waals surface area contributed by atoms with Crippen LogP contribution in [0.1, 0.15) is 40.9 Å². The van der Waals surface area contributed by atoms with Gasteiger partial charge in [-0.25, -0.2) is 0 Å². The Hall–Kier alpha value is -2.47. The third kappa shape index (κ3) is 4.19. The van der Waals surface area contributed by atoms with E-state index in [1.54, 1.807) is 25.1 Å². The number of ether oxygens (including phenoxy) is 1. The molecule has 1 aromatic carbocycles. The summed E-state index contributed by atoms with van der Waals surface area (Å²) in [6.07, 6.45) is 4.55. The number of hydrogen-bond donors (Lipinski definition) is 2. The summed E-state index contributed by atoms with van der Waals surface area (Å²) in [6.45, 7) is 2.29. The van der Waals surface area contributed by atoms with Crippen molar-refractivity contribution < 1.29 is 23.8 Å². The Balaban J connectivity index is 1.79. The third-order valence-electron chi connectivity index (χ3n) is 4.48. The average molecular weight is 378 g/mol. The molecule has 0 atom stereocenters. The summed E-state index contributed by atoms with van der Waals surface area (Å²) in [5.41, 5.74) is 1.23. The highest BCUT2D eigenvalue weighted by molar-refractivity contribution is 6.31. The van der Waals surface area contributed by atoms with E-state index in [1.807, 2.05) is 0 Å². The molecule has 1 heterocycles. The first-order chi connectivity index (χ1) is 12.4. The van der Waals surface area contributed by atoms with Crippen LogP contribution in [0.25, 0.3) is 0 Å². The van der Waals surface area contributed by atoms with Crippen molar-refractivity contribution in [2.75, 3.05) is 11.9 Å². The van der Waals surface area contributed by atoms with Gasteiger partial charge in [0.05, 0.1) is 24.1 Å². The first kappa shape index (κ1) is 18.3. The van der Waals surface area contributed by atoms with Crippen molar-refractivity contribution >= 4 is 29.2 Å². The molecule has 1 aromatic heterocycles. The highest BCUT2D eigenvalue weighted by atomic mass is 35.5. The van der Waals surface area contributed by atoms with E-state index in [-0.39, 0.29) is 17.7 Å². The minimum Gasteiger partial charge on any atom is -0.491 e. The van der Waals surface area contributed by atoms with E-state index >= 15 is 0 Å². The molecule has 7 heteroatoms. The average Bonchev–Trinajstić information content (AvgIpc) is 2.87. The van der Waals surface area contributed by atoms with Crippen LogP contribution >= 0.6 is 11.6 Å². The Morgan fingerprint density at radius 2 is 2.15 bits per heavy atom. The van der Waals surface area contributed by atoms with Gasteiger partial charge in [0.2, 0.25) is 0 Å². The number of aliphatic carboxylic acids is 1. The van der Waals surface area contributed by atoms with Crippen molar-refractivity contribution in [3.63, 3.8) is 0 Å². The quantitative estimate of drug-likeness (QED) is 0.750. The molecule has 26 heavy (non-hydrogen) atoms. The largest absolute Gasteiger partial charge is 0.491 e. The number of carboxylic acid groups (broad SMARTS) is 1. The zero-order chi connectivity index (χ0) is 18.7. The third-order valence-corrected chi connectivity index (χ3v) is 4.71. The second-order valence-corrected chi connectivity index (χ2v) is 6.93. The number of furan rings is 1. The van der Waals surface area contributed by atoms with Crippen molar-refractivity contribution in [2.24, 2.45) is 5.92 Å². The van der Waals surface area contributed by atoms with Crippen LogP contribution in [-0.2, 0) is 11.2 Å². The fraction of sp³-hybridized carbons (Fsp3) is 0.368. The Morgan fingerprint density at radius 3 is 2.81 bits per heavy atom. The molecule has 3 rings (SSSR count). The zero-order valence-corrected chi connectivity index (χ0v) is 15.1.